The molecule has 0 aliphatic carbocycles. The average Bonchev–Trinajstić information content (AvgIpc) is 3.07. The SMILES string of the molecule is COc1ccc(NC(=O)CNC(=O)c2cccs2)c(C(=O)O)c1. The van der Waals surface area contributed by atoms with E-state index in [1.807, 2.05) is 0 Å². The molecule has 0 saturated carbocycles. The molecule has 1 aromatic heterocycles. The molecule has 120 valence electrons. The van der Waals surface area contributed by atoms with Crippen LogP contribution in [0.15, 0.2) is 35.7 Å². The highest BCUT2D eigenvalue weighted by Crippen LogP contribution is 2.22. The maximum atomic E-state index is 11.9. The van der Waals surface area contributed by atoms with E-state index in [1.54, 1.807) is 17.5 Å². The van der Waals surface area contributed by atoms with Crippen molar-refractivity contribution in [2.45, 2.75) is 0 Å². The quantitative estimate of drug-likeness (QED) is 0.747. The van der Waals surface area contributed by atoms with Crippen LogP contribution in [0.25, 0.3) is 0 Å². The first kappa shape index (κ1) is 16.5. The molecule has 1 aromatic carbocycles. The van der Waals surface area contributed by atoms with Crippen molar-refractivity contribution in [3.8, 4) is 5.75 Å². The van der Waals surface area contributed by atoms with Gasteiger partial charge in [0.2, 0.25) is 5.91 Å². The fourth-order valence-electron chi connectivity index (χ4n) is 1.79. The van der Waals surface area contributed by atoms with Crippen LogP contribution in [0.5, 0.6) is 5.75 Å². The van der Waals surface area contributed by atoms with Crippen molar-refractivity contribution in [2.24, 2.45) is 0 Å². The van der Waals surface area contributed by atoms with Crippen LogP contribution in [0.3, 0.4) is 0 Å². The Morgan fingerprint density at radius 1 is 1.26 bits per heavy atom. The Bertz CT molecular complexity index is 727. The normalized spacial score (nSPS) is 9.96. The molecule has 0 aliphatic heterocycles. The molecule has 0 bridgehead atoms. The number of carboxylic acids is 1. The Balaban J connectivity index is 2.00. The molecule has 2 aromatic rings. The van der Waals surface area contributed by atoms with E-state index in [-0.39, 0.29) is 23.7 Å². The van der Waals surface area contributed by atoms with E-state index in [0.29, 0.717) is 10.6 Å². The molecule has 0 unspecified atom stereocenters. The molecular formula is C15H14N2O5S. The minimum Gasteiger partial charge on any atom is -0.497 e. The van der Waals surface area contributed by atoms with Crippen LogP contribution in [0.1, 0.15) is 20.0 Å². The Labute approximate surface area is 135 Å². The van der Waals surface area contributed by atoms with Crippen molar-refractivity contribution in [3.63, 3.8) is 0 Å². The number of anilines is 1. The number of carbonyl (C=O) groups is 3. The predicted molar refractivity (Wildman–Crippen MR) is 85.2 cm³/mol. The molecule has 23 heavy (non-hydrogen) atoms. The molecular weight excluding hydrogens is 320 g/mol. The Hall–Kier alpha value is -2.87. The summed E-state index contributed by atoms with van der Waals surface area (Å²) in [6, 6.07) is 7.65. The molecule has 0 spiro atoms. The maximum Gasteiger partial charge on any atom is 0.337 e. The van der Waals surface area contributed by atoms with Gasteiger partial charge in [0.05, 0.1) is 29.8 Å². The number of aromatic carboxylic acids is 1. The summed E-state index contributed by atoms with van der Waals surface area (Å²) in [5.41, 5.74) is 0.0379. The van der Waals surface area contributed by atoms with Crippen LogP contribution >= 0.6 is 11.3 Å². The molecule has 8 heteroatoms. The van der Waals surface area contributed by atoms with Crippen LogP contribution in [0.4, 0.5) is 5.69 Å². The Morgan fingerprint density at radius 3 is 2.65 bits per heavy atom. The first-order valence-electron chi connectivity index (χ1n) is 6.54. The minimum absolute atomic E-state index is 0.0951. The largest absolute Gasteiger partial charge is 0.497 e. The van der Waals surface area contributed by atoms with Gasteiger partial charge < -0.3 is 20.5 Å². The van der Waals surface area contributed by atoms with Gasteiger partial charge in [-0.1, -0.05) is 6.07 Å². The van der Waals surface area contributed by atoms with E-state index in [9.17, 15) is 14.4 Å². The van der Waals surface area contributed by atoms with Crippen LogP contribution in [0, 0.1) is 0 Å². The minimum atomic E-state index is -1.19. The highest BCUT2D eigenvalue weighted by atomic mass is 32.1. The monoisotopic (exact) mass is 334 g/mol. The standard InChI is InChI=1S/C15H14N2O5S/c1-22-9-4-5-11(10(7-9)15(20)21)17-13(18)8-16-14(19)12-3-2-6-23-12/h2-7H,8H2,1H3,(H,16,19)(H,17,18)(H,20,21). The lowest BCUT2D eigenvalue weighted by atomic mass is 10.1. The fourth-order valence-corrected chi connectivity index (χ4v) is 2.43. The number of amides is 2. The second-order valence-electron chi connectivity index (χ2n) is 4.42. The number of hydrogen-bond donors (Lipinski definition) is 3. The highest BCUT2D eigenvalue weighted by Gasteiger charge is 2.15. The summed E-state index contributed by atoms with van der Waals surface area (Å²) in [7, 11) is 1.42. The topological polar surface area (TPSA) is 105 Å². The van der Waals surface area contributed by atoms with Gasteiger partial charge in [0.15, 0.2) is 0 Å². The smallest absolute Gasteiger partial charge is 0.337 e. The zero-order chi connectivity index (χ0) is 16.8. The zero-order valence-electron chi connectivity index (χ0n) is 12.2. The molecule has 3 N–H and O–H groups in total. The van der Waals surface area contributed by atoms with E-state index in [2.05, 4.69) is 10.6 Å². The molecule has 0 aliphatic rings. The van der Waals surface area contributed by atoms with E-state index < -0.39 is 11.9 Å². The number of nitrogens with one attached hydrogen (secondary N) is 2. The number of rotatable bonds is 6. The number of hydrogen-bond acceptors (Lipinski definition) is 5. The molecule has 0 radical (unpaired) electrons. The lowest BCUT2D eigenvalue weighted by Crippen LogP contribution is -2.32. The number of ether oxygens (including phenoxy) is 1. The summed E-state index contributed by atoms with van der Waals surface area (Å²) in [6.07, 6.45) is 0. The highest BCUT2D eigenvalue weighted by molar-refractivity contribution is 7.12. The lowest BCUT2D eigenvalue weighted by Gasteiger charge is -2.10. The van der Waals surface area contributed by atoms with E-state index in [0.717, 1.165) is 0 Å². The van der Waals surface area contributed by atoms with E-state index in [4.69, 9.17) is 9.84 Å². The third-order valence-corrected chi connectivity index (χ3v) is 3.75. The van der Waals surface area contributed by atoms with Crippen LogP contribution in [-0.4, -0.2) is 36.5 Å². The maximum absolute atomic E-state index is 11.9. The van der Waals surface area contributed by atoms with Gasteiger partial charge in [-0.25, -0.2) is 4.79 Å². The van der Waals surface area contributed by atoms with Crippen LogP contribution in [-0.2, 0) is 4.79 Å². The van der Waals surface area contributed by atoms with Crippen molar-refractivity contribution in [1.82, 2.24) is 5.32 Å². The summed E-state index contributed by atoms with van der Waals surface area (Å²) >= 11 is 1.26. The van der Waals surface area contributed by atoms with Gasteiger partial charge in [-0.2, -0.15) is 0 Å². The summed E-state index contributed by atoms with van der Waals surface area (Å²) in [4.78, 5) is 35.3. The molecule has 2 amide bonds. The van der Waals surface area contributed by atoms with Crippen molar-refractivity contribution in [3.05, 3.63) is 46.2 Å². The van der Waals surface area contributed by atoms with Gasteiger partial charge in [-0.05, 0) is 29.6 Å². The van der Waals surface area contributed by atoms with Gasteiger partial charge in [0, 0.05) is 0 Å². The Morgan fingerprint density at radius 2 is 2.04 bits per heavy atom. The van der Waals surface area contributed by atoms with E-state index in [1.165, 1.54) is 36.6 Å². The van der Waals surface area contributed by atoms with Gasteiger partial charge in [0.1, 0.15) is 5.75 Å². The molecule has 0 atom stereocenters. The molecule has 2 rings (SSSR count). The molecule has 7 nitrogen and oxygen atoms in total. The number of benzene rings is 1. The summed E-state index contributed by atoms with van der Waals surface area (Å²) in [5.74, 6) is -1.71. The predicted octanol–water partition coefficient (Wildman–Crippen LogP) is 1.82. The number of carbonyl (C=O) groups excluding carboxylic acids is 2. The van der Waals surface area contributed by atoms with E-state index >= 15 is 0 Å². The zero-order valence-corrected chi connectivity index (χ0v) is 13.0. The van der Waals surface area contributed by atoms with Crippen LogP contribution in [0.2, 0.25) is 0 Å². The van der Waals surface area contributed by atoms with Crippen LogP contribution < -0.4 is 15.4 Å². The van der Waals surface area contributed by atoms with Crippen molar-refractivity contribution >= 4 is 34.8 Å². The first-order valence-corrected chi connectivity index (χ1v) is 7.42. The van der Waals surface area contributed by atoms with Crippen molar-refractivity contribution in [2.75, 3.05) is 19.0 Å². The van der Waals surface area contributed by atoms with Gasteiger partial charge >= 0.3 is 5.97 Å². The number of methoxy groups -OCH3 is 1. The average molecular weight is 334 g/mol. The van der Waals surface area contributed by atoms with Gasteiger partial charge in [-0.3, -0.25) is 9.59 Å². The lowest BCUT2D eigenvalue weighted by molar-refractivity contribution is -0.115. The van der Waals surface area contributed by atoms with Crippen molar-refractivity contribution < 1.29 is 24.2 Å². The van der Waals surface area contributed by atoms with Gasteiger partial charge in [-0.15, -0.1) is 11.3 Å². The molecule has 0 saturated heterocycles. The number of thiophene rings is 1. The number of carboxylic acid groups (broad SMARTS) is 1. The summed E-state index contributed by atoms with van der Waals surface area (Å²) in [6.45, 7) is -0.262. The second kappa shape index (κ2) is 7.41. The molecule has 0 fully saturated rings. The molecule has 1 heterocycles. The first-order chi connectivity index (χ1) is 11.0. The summed E-state index contributed by atoms with van der Waals surface area (Å²) in [5, 5.41) is 15.8. The fraction of sp³-hybridized carbons (Fsp3) is 0.133. The van der Waals surface area contributed by atoms with Gasteiger partial charge in [0.25, 0.3) is 5.91 Å². The Kier molecular flexibility index (Phi) is 5.32. The second-order valence-corrected chi connectivity index (χ2v) is 5.37. The third kappa shape index (κ3) is 4.30. The third-order valence-electron chi connectivity index (χ3n) is 2.89. The van der Waals surface area contributed by atoms with Crippen molar-refractivity contribution in [1.29, 1.82) is 0 Å². The summed E-state index contributed by atoms with van der Waals surface area (Å²) < 4.78 is 4.95.